The molecule has 4 heterocycles. The van der Waals surface area contributed by atoms with Crippen LogP contribution in [0.1, 0.15) is 41.4 Å². The highest BCUT2D eigenvalue weighted by Gasteiger charge is 2.25. The molecule has 0 N–H and O–H groups in total. The molecule has 0 atom stereocenters. The molecule has 1 amide bonds. The largest absolute Gasteiger partial charge is 0.414 e. The van der Waals surface area contributed by atoms with Crippen molar-refractivity contribution in [3.63, 3.8) is 0 Å². The van der Waals surface area contributed by atoms with Gasteiger partial charge in [-0.05, 0) is 49.9 Å². The molecule has 0 saturated carbocycles. The molecule has 7 nitrogen and oxygen atoms in total. The van der Waals surface area contributed by atoms with Crippen molar-refractivity contribution in [2.75, 3.05) is 6.54 Å². The summed E-state index contributed by atoms with van der Waals surface area (Å²) >= 11 is 3.17. The third-order valence-electron chi connectivity index (χ3n) is 4.77. The molecule has 134 valence electrons. The molecule has 0 radical (unpaired) electrons. The van der Waals surface area contributed by atoms with Gasteiger partial charge in [-0.2, -0.15) is 0 Å². The van der Waals surface area contributed by atoms with Crippen LogP contribution in [0.25, 0.3) is 10.2 Å². The Morgan fingerprint density at radius 3 is 2.96 bits per heavy atom. The van der Waals surface area contributed by atoms with Crippen LogP contribution in [-0.2, 0) is 24.2 Å². The van der Waals surface area contributed by atoms with Gasteiger partial charge in [-0.25, -0.2) is 9.97 Å². The van der Waals surface area contributed by atoms with Crippen molar-refractivity contribution in [1.82, 2.24) is 25.1 Å². The van der Waals surface area contributed by atoms with Crippen molar-refractivity contribution in [3.05, 3.63) is 22.2 Å². The lowest BCUT2D eigenvalue weighted by Crippen LogP contribution is -2.23. The van der Waals surface area contributed by atoms with Crippen LogP contribution in [0.5, 0.6) is 0 Å². The van der Waals surface area contributed by atoms with E-state index in [9.17, 15) is 4.79 Å². The Balaban J connectivity index is 1.44. The van der Waals surface area contributed by atoms with Crippen LogP contribution >= 0.6 is 23.1 Å². The molecule has 0 unspecified atom stereocenters. The standard InChI is InChI=1S/C17H17N5O2S2/c1-9-18-15-14(10-4-2-5-11(10)25-15)16(19-9)26-17-21-20-12(24-17)8-22-7-3-6-13(22)23/h2-8H2,1H3. The quantitative estimate of drug-likeness (QED) is 0.636. The van der Waals surface area contributed by atoms with Crippen LogP contribution in [0.3, 0.4) is 0 Å². The van der Waals surface area contributed by atoms with E-state index in [2.05, 4.69) is 20.2 Å². The summed E-state index contributed by atoms with van der Waals surface area (Å²) in [6.07, 6.45) is 4.92. The minimum atomic E-state index is 0.152. The number of nitrogens with zero attached hydrogens (tertiary/aromatic N) is 5. The van der Waals surface area contributed by atoms with Gasteiger partial charge in [0.05, 0.1) is 6.54 Å². The number of hydrogen-bond donors (Lipinski definition) is 0. The molecular formula is C17H17N5O2S2. The average Bonchev–Trinajstić information content (AvgIpc) is 3.34. The van der Waals surface area contributed by atoms with Gasteiger partial charge in [0, 0.05) is 23.2 Å². The van der Waals surface area contributed by atoms with Crippen molar-refractivity contribution >= 4 is 39.2 Å². The SMILES string of the molecule is Cc1nc(Sc2nnc(CN3CCCC3=O)o2)c2c3c(sc2n1)CCC3. The number of carbonyl (C=O) groups is 1. The molecule has 5 rings (SSSR count). The molecule has 2 aliphatic rings. The zero-order chi connectivity index (χ0) is 17.7. The fourth-order valence-corrected chi connectivity index (χ4v) is 5.85. The summed E-state index contributed by atoms with van der Waals surface area (Å²) in [5.41, 5.74) is 1.38. The lowest BCUT2D eigenvalue weighted by molar-refractivity contribution is -0.128. The first-order valence-electron chi connectivity index (χ1n) is 8.74. The number of likely N-dealkylation sites (tertiary alicyclic amines) is 1. The van der Waals surface area contributed by atoms with Crippen LogP contribution in [-0.4, -0.2) is 37.5 Å². The van der Waals surface area contributed by atoms with Gasteiger partial charge in [0.2, 0.25) is 11.8 Å². The molecule has 0 aromatic carbocycles. The first-order valence-corrected chi connectivity index (χ1v) is 10.4. The second-order valence-corrected chi connectivity index (χ2v) is 8.62. The van der Waals surface area contributed by atoms with E-state index >= 15 is 0 Å². The van der Waals surface area contributed by atoms with Crippen molar-refractivity contribution in [1.29, 1.82) is 0 Å². The molecule has 3 aromatic rings. The predicted molar refractivity (Wildman–Crippen MR) is 97.2 cm³/mol. The van der Waals surface area contributed by atoms with E-state index in [-0.39, 0.29) is 5.91 Å². The topological polar surface area (TPSA) is 85.0 Å². The van der Waals surface area contributed by atoms with E-state index in [0.717, 1.165) is 46.9 Å². The Bertz CT molecular complexity index is 1010. The molecular weight excluding hydrogens is 370 g/mol. The molecule has 0 bridgehead atoms. The van der Waals surface area contributed by atoms with E-state index in [4.69, 9.17) is 4.42 Å². The number of hydrogen-bond acceptors (Lipinski definition) is 8. The van der Waals surface area contributed by atoms with E-state index in [1.807, 2.05) is 6.92 Å². The molecule has 1 aliphatic heterocycles. The summed E-state index contributed by atoms with van der Waals surface area (Å²) in [6.45, 7) is 3.06. The number of aryl methyl sites for hydroxylation is 3. The Kier molecular flexibility index (Phi) is 3.93. The van der Waals surface area contributed by atoms with Gasteiger partial charge < -0.3 is 9.32 Å². The van der Waals surface area contributed by atoms with Gasteiger partial charge in [-0.1, -0.05) is 0 Å². The smallest absolute Gasteiger partial charge is 0.283 e. The fraction of sp³-hybridized carbons (Fsp3) is 0.471. The van der Waals surface area contributed by atoms with Crippen LogP contribution in [0, 0.1) is 6.92 Å². The number of rotatable bonds is 4. The Morgan fingerprint density at radius 1 is 1.19 bits per heavy atom. The first kappa shape index (κ1) is 16.2. The maximum absolute atomic E-state index is 11.8. The lowest BCUT2D eigenvalue weighted by Gasteiger charge is -2.11. The highest BCUT2D eigenvalue weighted by Crippen LogP contribution is 2.41. The third kappa shape index (κ3) is 2.79. The molecule has 0 spiro atoms. The number of thiophene rings is 1. The number of amides is 1. The minimum Gasteiger partial charge on any atom is -0.414 e. The summed E-state index contributed by atoms with van der Waals surface area (Å²) in [7, 11) is 0. The summed E-state index contributed by atoms with van der Waals surface area (Å²) < 4.78 is 5.77. The zero-order valence-electron chi connectivity index (χ0n) is 14.3. The van der Waals surface area contributed by atoms with E-state index < -0.39 is 0 Å². The van der Waals surface area contributed by atoms with Crippen molar-refractivity contribution < 1.29 is 9.21 Å². The van der Waals surface area contributed by atoms with Gasteiger partial charge >= 0.3 is 0 Å². The van der Waals surface area contributed by atoms with Crippen molar-refractivity contribution in [2.45, 2.75) is 55.8 Å². The van der Waals surface area contributed by atoms with Gasteiger partial charge in [0.1, 0.15) is 15.7 Å². The Labute approximate surface area is 158 Å². The van der Waals surface area contributed by atoms with Gasteiger partial charge in [-0.15, -0.1) is 21.5 Å². The normalized spacial score (nSPS) is 16.8. The molecule has 1 aliphatic carbocycles. The maximum Gasteiger partial charge on any atom is 0.283 e. The summed E-state index contributed by atoms with van der Waals surface area (Å²) in [4.78, 5) is 25.2. The highest BCUT2D eigenvalue weighted by atomic mass is 32.2. The third-order valence-corrected chi connectivity index (χ3v) is 6.79. The lowest BCUT2D eigenvalue weighted by atomic mass is 10.2. The van der Waals surface area contributed by atoms with Gasteiger partial charge in [-0.3, -0.25) is 4.79 Å². The minimum absolute atomic E-state index is 0.152. The van der Waals surface area contributed by atoms with Crippen LogP contribution in [0.2, 0.25) is 0 Å². The molecule has 1 saturated heterocycles. The predicted octanol–water partition coefficient (Wildman–Crippen LogP) is 3.15. The van der Waals surface area contributed by atoms with Crippen LogP contribution in [0.4, 0.5) is 0 Å². The van der Waals surface area contributed by atoms with E-state index in [1.165, 1.54) is 28.6 Å². The monoisotopic (exact) mass is 387 g/mol. The van der Waals surface area contributed by atoms with Crippen LogP contribution < -0.4 is 0 Å². The molecule has 9 heteroatoms. The number of fused-ring (bicyclic) bond motifs is 3. The van der Waals surface area contributed by atoms with Crippen molar-refractivity contribution in [2.24, 2.45) is 0 Å². The van der Waals surface area contributed by atoms with Crippen LogP contribution in [0.15, 0.2) is 14.7 Å². The first-order chi connectivity index (χ1) is 12.7. The second-order valence-electron chi connectivity index (χ2n) is 6.60. The van der Waals surface area contributed by atoms with Gasteiger partial charge in [0.15, 0.2) is 0 Å². The fourth-order valence-electron chi connectivity index (χ4n) is 3.60. The van der Waals surface area contributed by atoms with Gasteiger partial charge in [0.25, 0.3) is 5.22 Å². The summed E-state index contributed by atoms with van der Waals surface area (Å²) in [5.74, 6) is 1.38. The van der Waals surface area contributed by atoms with E-state index in [1.54, 1.807) is 16.2 Å². The summed E-state index contributed by atoms with van der Waals surface area (Å²) in [6, 6.07) is 0. The average molecular weight is 387 g/mol. The zero-order valence-corrected chi connectivity index (χ0v) is 16.0. The Hall–Kier alpha value is -2.00. The summed E-state index contributed by atoms with van der Waals surface area (Å²) in [5, 5.41) is 10.7. The van der Waals surface area contributed by atoms with Crippen molar-refractivity contribution in [3.8, 4) is 0 Å². The number of aromatic nitrogens is 4. The second kappa shape index (κ2) is 6.31. The maximum atomic E-state index is 11.8. The van der Waals surface area contributed by atoms with E-state index in [0.29, 0.717) is 24.1 Å². The Morgan fingerprint density at radius 2 is 2.12 bits per heavy atom. The molecule has 1 fully saturated rings. The molecule has 26 heavy (non-hydrogen) atoms. The highest BCUT2D eigenvalue weighted by molar-refractivity contribution is 7.99. The molecule has 3 aromatic heterocycles. The number of carbonyl (C=O) groups excluding carboxylic acids is 1.